The molecule has 0 aromatic rings. The zero-order chi connectivity index (χ0) is 9.97. The lowest BCUT2D eigenvalue weighted by Gasteiger charge is -2.15. The van der Waals surface area contributed by atoms with Crippen molar-refractivity contribution in [2.45, 2.75) is 31.3 Å². The quantitative estimate of drug-likeness (QED) is 0.517. The normalized spacial score (nSPS) is 31.6. The van der Waals surface area contributed by atoms with Crippen molar-refractivity contribution in [2.24, 2.45) is 0 Å². The average Bonchev–Trinajstić information content (AvgIpc) is 2.75. The molecular weight excluding hydrogens is 182 g/mol. The van der Waals surface area contributed by atoms with Crippen LogP contribution in [0.5, 0.6) is 0 Å². The highest BCUT2D eigenvalue weighted by molar-refractivity contribution is 5.90. The van der Waals surface area contributed by atoms with Crippen molar-refractivity contribution >= 4 is 11.8 Å². The summed E-state index contributed by atoms with van der Waals surface area (Å²) in [5, 5.41) is 8.76. The van der Waals surface area contributed by atoms with Crippen molar-refractivity contribution in [1.29, 1.82) is 0 Å². The Kier molecular flexibility index (Phi) is 2.67. The van der Waals surface area contributed by atoms with E-state index in [1.165, 1.54) is 0 Å². The second-order valence-electron chi connectivity index (χ2n) is 3.86. The highest BCUT2D eigenvalue weighted by Crippen LogP contribution is 2.07. The van der Waals surface area contributed by atoms with Crippen molar-refractivity contribution in [3.63, 3.8) is 0 Å². The maximum absolute atomic E-state index is 11.6. The van der Waals surface area contributed by atoms with Crippen molar-refractivity contribution in [2.75, 3.05) is 13.1 Å². The Bertz CT molecular complexity index is 248. The topological polar surface area (TPSA) is 70.2 Å². The highest BCUT2D eigenvalue weighted by atomic mass is 16.2. The zero-order valence-electron chi connectivity index (χ0n) is 8.01. The van der Waals surface area contributed by atoms with Gasteiger partial charge >= 0.3 is 0 Å². The maximum atomic E-state index is 11.6. The molecule has 2 rings (SSSR count). The van der Waals surface area contributed by atoms with Gasteiger partial charge in [0.25, 0.3) is 0 Å². The Hall–Kier alpha value is -1.10. The van der Waals surface area contributed by atoms with Gasteiger partial charge in [0, 0.05) is 19.0 Å². The molecule has 2 aliphatic rings. The van der Waals surface area contributed by atoms with Crippen molar-refractivity contribution in [1.82, 2.24) is 16.0 Å². The van der Waals surface area contributed by atoms with Gasteiger partial charge in [-0.25, -0.2) is 0 Å². The first-order chi connectivity index (χ1) is 6.75. The zero-order valence-corrected chi connectivity index (χ0v) is 8.01. The summed E-state index contributed by atoms with van der Waals surface area (Å²) in [7, 11) is 0. The molecule has 0 saturated carbocycles. The fourth-order valence-corrected chi connectivity index (χ4v) is 1.89. The number of hydrogen-bond acceptors (Lipinski definition) is 3. The summed E-state index contributed by atoms with van der Waals surface area (Å²) in [6, 6.07) is -0.0666. The van der Waals surface area contributed by atoms with Crippen LogP contribution in [-0.4, -0.2) is 37.0 Å². The minimum absolute atomic E-state index is 0.0188. The summed E-state index contributed by atoms with van der Waals surface area (Å²) >= 11 is 0. The van der Waals surface area contributed by atoms with Crippen LogP contribution in [0.25, 0.3) is 0 Å². The van der Waals surface area contributed by atoms with Gasteiger partial charge in [0.1, 0.15) is 6.04 Å². The van der Waals surface area contributed by atoms with Gasteiger partial charge in [-0.15, -0.1) is 0 Å². The second kappa shape index (κ2) is 3.96. The Morgan fingerprint density at radius 1 is 1.43 bits per heavy atom. The molecule has 1 unspecified atom stereocenters. The monoisotopic (exact) mass is 197 g/mol. The third-order valence-electron chi connectivity index (χ3n) is 2.72. The van der Waals surface area contributed by atoms with E-state index in [1.54, 1.807) is 0 Å². The molecule has 0 aromatic carbocycles. The molecule has 2 heterocycles. The number of amides is 2. The average molecular weight is 197 g/mol. The molecule has 0 bridgehead atoms. The minimum Gasteiger partial charge on any atom is -0.350 e. The van der Waals surface area contributed by atoms with E-state index < -0.39 is 0 Å². The molecule has 2 saturated heterocycles. The van der Waals surface area contributed by atoms with Crippen LogP contribution in [0.3, 0.4) is 0 Å². The molecule has 2 amide bonds. The van der Waals surface area contributed by atoms with Crippen LogP contribution in [0, 0.1) is 0 Å². The van der Waals surface area contributed by atoms with E-state index in [4.69, 9.17) is 0 Å². The molecule has 3 N–H and O–H groups in total. The smallest absolute Gasteiger partial charge is 0.242 e. The minimum atomic E-state index is -0.303. The van der Waals surface area contributed by atoms with Crippen LogP contribution >= 0.6 is 0 Å². The largest absolute Gasteiger partial charge is 0.350 e. The molecule has 0 aliphatic carbocycles. The molecule has 5 heteroatoms. The van der Waals surface area contributed by atoms with E-state index in [1.807, 2.05) is 0 Å². The summed E-state index contributed by atoms with van der Waals surface area (Å²) in [5.41, 5.74) is 0. The molecule has 2 aliphatic heterocycles. The fraction of sp³-hybridized carbons (Fsp3) is 0.778. The Labute approximate surface area is 82.6 Å². The molecular formula is C9H15N3O2. The van der Waals surface area contributed by atoms with Crippen LogP contribution in [0.4, 0.5) is 0 Å². The second-order valence-corrected chi connectivity index (χ2v) is 3.86. The molecule has 0 spiro atoms. The lowest BCUT2D eigenvalue weighted by Crippen LogP contribution is -2.46. The summed E-state index contributed by atoms with van der Waals surface area (Å²) in [4.78, 5) is 22.5. The van der Waals surface area contributed by atoms with Gasteiger partial charge in [-0.3, -0.25) is 9.59 Å². The molecule has 2 fully saturated rings. The lowest BCUT2D eigenvalue weighted by atomic mass is 10.2. The van der Waals surface area contributed by atoms with E-state index in [9.17, 15) is 9.59 Å². The summed E-state index contributed by atoms with van der Waals surface area (Å²) < 4.78 is 0. The maximum Gasteiger partial charge on any atom is 0.242 e. The molecule has 14 heavy (non-hydrogen) atoms. The van der Waals surface area contributed by atoms with E-state index in [0.717, 1.165) is 19.5 Å². The summed E-state index contributed by atoms with van der Waals surface area (Å²) in [6.07, 6.45) is 2.08. The molecule has 78 valence electrons. The first-order valence-corrected chi connectivity index (χ1v) is 5.06. The predicted octanol–water partition coefficient (Wildman–Crippen LogP) is -1.26. The number of carbonyl (C=O) groups excluding carboxylic acids is 2. The van der Waals surface area contributed by atoms with Gasteiger partial charge in [0.05, 0.1) is 0 Å². The van der Waals surface area contributed by atoms with Crippen LogP contribution in [0.2, 0.25) is 0 Å². The van der Waals surface area contributed by atoms with Crippen molar-refractivity contribution in [3.8, 4) is 0 Å². The van der Waals surface area contributed by atoms with E-state index in [-0.39, 0.29) is 23.9 Å². The van der Waals surface area contributed by atoms with Crippen LogP contribution < -0.4 is 16.0 Å². The molecule has 5 nitrogen and oxygen atoms in total. The molecule has 0 radical (unpaired) electrons. The number of carbonyl (C=O) groups is 2. The van der Waals surface area contributed by atoms with Crippen LogP contribution in [0.1, 0.15) is 19.3 Å². The van der Waals surface area contributed by atoms with E-state index in [0.29, 0.717) is 12.8 Å². The van der Waals surface area contributed by atoms with Crippen LogP contribution in [-0.2, 0) is 9.59 Å². The number of hydrogen-bond donors (Lipinski definition) is 3. The van der Waals surface area contributed by atoms with E-state index >= 15 is 0 Å². The Morgan fingerprint density at radius 3 is 2.86 bits per heavy atom. The van der Waals surface area contributed by atoms with E-state index in [2.05, 4.69) is 16.0 Å². The summed E-state index contributed by atoms with van der Waals surface area (Å²) in [5.74, 6) is -0.0563. The Balaban J connectivity index is 1.80. The Morgan fingerprint density at radius 2 is 2.29 bits per heavy atom. The van der Waals surface area contributed by atoms with Crippen molar-refractivity contribution < 1.29 is 9.59 Å². The van der Waals surface area contributed by atoms with Crippen molar-refractivity contribution in [3.05, 3.63) is 0 Å². The SMILES string of the molecule is O=C1CCC(C(=O)N[C@H]2CCNC2)N1. The third kappa shape index (κ3) is 2.04. The third-order valence-corrected chi connectivity index (χ3v) is 2.72. The van der Waals surface area contributed by atoms with Gasteiger partial charge in [-0.2, -0.15) is 0 Å². The van der Waals surface area contributed by atoms with Gasteiger partial charge in [0.15, 0.2) is 0 Å². The molecule has 0 aromatic heterocycles. The van der Waals surface area contributed by atoms with Gasteiger partial charge < -0.3 is 16.0 Å². The van der Waals surface area contributed by atoms with Gasteiger partial charge in [-0.1, -0.05) is 0 Å². The highest BCUT2D eigenvalue weighted by Gasteiger charge is 2.28. The van der Waals surface area contributed by atoms with Crippen LogP contribution in [0.15, 0.2) is 0 Å². The first kappa shape index (κ1) is 9.45. The predicted molar refractivity (Wildman–Crippen MR) is 50.6 cm³/mol. The van der Waals surface area contributed by atoms with Gasteiger partial charge in [-0.05, 0) is 19.4 Å². The lowest BCUT2D eigenvalue weighted by molar-refractivity contribution is -0.126. The van der Waals surface area contributed by atoms with Gasteiger partial charge in [0.2, 0.25) is 11.8 Å². The number of rotatable bonds is 2. The fourth-order valence-electron chi connectivity index (χ4n) is 1.89. The first-order valence-electron chi connectivity index (χ1n) is 5.06. The standard InChI is InChI=1S/C9H15N3O2/c13-8-2-1-7(12-8)9(14)11-6-3-4-10-5-6/h6-7,10H,1-5H2,(H,11,14)(H,12,13)/t6-,7?/m0/s1. The number of nitrogens with one attached hydrogen (secondary N) is 3. The molecule has 2 atom stereocenters. The summed E-state index contributed by atoms with van der Waals surface area (Å²) in [6.45, 7) is 1.80.